The van der Waals surface area contributed by atoms with Crippen molar-refractivity contribution in [1.29, 1.82) is 0 Å². The van der Waals surface area contributed by atoms with Gasteiger partial charge in [0, 0.05) is 68.0 Å². The number of fused-ring (bicyclic) bond motifs is 13. The van der Waals surface area contributed by atoms with Gasteiger partial charge in [-0.05, 0) is 70.8 Å². The number of rotatable bonds is 2. The molecule has 0 atom stereocenters. The maximum atomic E-state index is 6.26. The Bertz CT molecular complexity index is 2990. The maximum absolute atomic E-state index is 6.26. The van der Waals surface area contributed by atoms with Gasteiger partial charge in [-0.2, -0.15) is 0 Å². The summed E-state index contributed by atoms with van der Waals surface area (Å²) in [5, 5.41) is 9.90. The molecule has 0 radical (unpaired) electrons. The van der Waals surface area contributed by atoms with E-state index in [2.05, 4.69) is 115 Å². The van der Waals surface area contributed by atoms with E-state index >= 15 is 0 Å². The average Bonchev–Trinajstić information content (AvgIpc) is 3.86. The van der Waals surface area contributed by atoms with E-state index in [9.17, 15) is 0 Å². The maximum Gasteiger partial charge on any atom is 0.139 e. The van der Waals surface area contributed by atoms with E-state index in [4.69, 9.17) is 8.83 Å². The molecule has 4 aromatic heterocycles. The number of hydrogen-bond donors (Lipinski definition) is 0. The van der Waals surface area contributed by atoms with E-state index in [1.807, 2.05) is 40.9 Å². The minimum Gasteiger partial charge on any atom is -0.456 e. The Morgan fingerprint density at radius 1 is 0.326 bits per heavy atom. The monoisotopic (exact) mass is 622 g/mol. The molecule has 214 valence electrons. The van der Waals surface area contributed by atoms with Crippen molar-refractivity contribution >= 4 is 107 Å². The lowest BCUT2D eigenvalue weighted by atomic mass is 9.98. The van der Waals surface area contributed by atoms with Crippen molar-refractivity contribution in [1.82, 2.24) is 0 Å². The van der Waals surface area contributed by atoms with Crippen molar-refractivity contribution < 1.29 is 8.83 Å². The van der Waals surface area contributed by atoms with Crippen LogP contribution in [0.2, 0.25) is 0 Å². The van der Waals surface area contributed by atoms with Crippen LogP contribution in [0.4, 0.5) is 0 Å². The third-order valence-corrected chi connectivity index (χ3v) is 11.8. The first-order valence-corrected chi connectivity index (χ1v) is 17.0. The second kappa shape index (κ2) is 9.07. The molecule has 0 amide bonds. The molecule has 0 aliphatic rings. The van der Waals surface area contributed by atoms with Crippen LogP contribution in [0.1, 0.15) is 0 Å². The van der Waals surface area contributed by atoms with E-state index in [0.29, 0.717) is 0 Å². The van der Waals surface area contributed by atoms with E-state index in [0.717, 1.165) is 43.9 Å². The SMILES string of the molecule is c1ccc2c(c1)oc1cc3oc4ccc(-c5ccc(-c6ccc7sc8c(ccc9sc%10ccccc%10c98)c7c6)cc5)cc4c3cc12. The number of thiophene rings is 2. The second-order valence-electron chi connectivity index (χ2n) is 12.1. The standard InChI is InChI=1S/C42H22O2S2/c1-3-7-34-27(5-1)31-21-32-30-19-25(13-16-35(30)44-37(32)22-36(31)43-34)23-9-11-24(12-10-23)26-14-17-39-33(20-26)28-15-18-40-41(42(28)46-39)29-6-2-4-8-38(29)45-40/h1-22H. The quantitative estimate of drug-likeness (QED) is 0.192. The van der Waals surface area contributed by atoms with Crippen molar-refractivity contribution in [2.24, 2.45) is 0 Å². The van der Waals surface area contributed by atoms with Gasteiger partial charge in [-0.25, -0.2) is 0 Å². The molecule has 0 aliphatic carbocycles. The molecule has 46 heavy (non-hydrogen) atoms. The van der Waals surface area contributed by atoms with Gasteiger partial charge in [-0.1, -0.05) is 78.9 Å². The van der Waals surface area contributed by atoms with Crippen LogP contribution in [0.3, 0.4) is 0 Å². The van der Waals surface area contributed by atoms with Crippen LogP contribution in [-0.2, 0) is 0 Å². The summed E-state index contributed by atoms with van der Waals surface area (Å²) in [5.74, 6) is 0. The van der Waals surface area contributed by atoms with Gasteiger partial charge in [-0.3, -0.25) is 0 Å². The lowest BCUT2D eigenvalue weighted by Crippen LogP contribution is -1.81. The third-order valence-electron chi connectivity index (χ3n) is 9.50. The van der Waals surface area contributed by atoms with Crippen LogP contribution in [0.5, 0.6) is 0 Å². The fourth-order valence-electron chi connectivity index (χ4n) is 7.25. The molecule has 2 nitrogen and oxygen atoms in total. The van der Waals surface area contributed by atoms with Gasteiger partial charge in [0.1, 0.15) is 22.3 Å². The topological polar surface area (TPSA) is 26.3 Å². The molecule has 0 aliphatic heterocycles. The molecule has 0 spiro atoms. The predicted molar refractivity (Wildman–Crippen MR) is 198 cm³/mol. The lowest BCUT2D eigenvalue weighted by molar-refractivity contribution is 0.656. The highest BCUT2D eigenvalue weighted by Crippen LogP contribution is 2.45. The molecule has 0 fully saturated rings. The van der Waals surface area contributed by atoms with Crippen molar-refractivity contribution in [3.05, 3.63) is 133 Å². The molecule has 0 unspecified atom stereocenters. The summed E-state index contributed by atoms with van der Waals surface area (Å²) < 4.78 is 17.8. The highest BCUT2D eigenvalue weighted by atomic mass is 32.1. The van der Waals surface area contributed by atoms with E-state index < -0.39 is 0 Å². The Morgan fingerprint density at radius 3 is 1.74 bits per heavy atom. The van der Waals surface area contributed by atoms with Gasteiger partial charge in [0.15, 0.2) is 0 Å². The Morgan fingerprint density at radius 2 is 0.913 bits per heavy atom. The van der Waals surface area contributed by atoms with Crippen LogP contribution in [0, 0.1) is 0 Å². The molecule has 0 bridgehead atoms. The van der Waals surface area contributed by atoms with Crippen molar-refractivity contribution in [3.8, 4) is 22.3 Å². The zero-order valence-electron chi connectivity index (χ0n) is 24.3. The highest BCUT2D eigenvalue weighted by molar-refractivity contribution is 7.29. The third kappa shape index (κ3) is 3.45. The van der Waals surface area contributed by atoms with E-state index in [1.165, 1.54) is 62.6 Å². The summed E-state index contributed by atoms with van der Waals surface area (Å²) in [4.78, 5) is 0. The Balaban J connectivity index is 0.997. The Kier molecular flexibility index (Phi) is 4.90. The first-order valence-electron chi connectivity index (χ1n) is 15.4. The number of hydrogen-bond acceptors (Lipinski definition) is 4. The van der Waals surface area contributed by atoms with Gasteiger partial charge >= 0.3 is 0 Å². The van der Waals surface area contributed by atoms with Crippen LogP contribution >= 0.6 is 22.7 Å². The van der Waals surface area contributed by atoms with Crippen LogP contribution in [0.15, 0.2) is 142 Å². The fraction of sp³-hybridized carbons (Fsp3) is 0. The van der Waals surface area contributed by atoms with Crippen LogP contribution in [0.25, 0.3) is 106 Å². The van der Waals surface area contributed by atoms with E-state index in [1.54, 1.807) is 0 Å². The predicted octanol–water partition coefficient (Wildman–Crippen LogP) is 13.6. The summed E-state index contributed by atoms with van der Waals surface area (Å²) in [5.41, 5.74) is 8.29. The molecule has 7 aromatic carbocycles. The lowest BCUT2D eigenvalue weighted by Gasteiger charge is -2.06. The molecular formula is C42H22O2S2. The Labute approximate surface area is 270 Å². The number of furan rings is 2. The normalized spacial score (nSPS) is 12.3. The van der Waals surface area contributed by atoms with Gasteiger partial charge in [-0.15, -0.1) is 22.7 Å². The summed E-state index contributed by atoms with van der Waals surface area (Å²) in [7, 11) is 0. The van der Waals surface area contributed by atoms with Gasteiger partial charge in [0.2, 0.25) is 0 Å². The number of benzene rings is 7. The molecular weight excluding hydrogens is 601 g/mol. The summed E-state index contributed by atoms with van der Waals surface area (Å²) in [6.45, 7) is 0. The summed E-state index contributed by atoms with van der Waals surface area (Å²) >= 11 is 3.80. The summed E-state index contributed by atoms with van der Waals surface area (Å²) in [6.07, 6.45) is 0. The fourth-order valence-corrected chi connectivity index (χ4v) is 9.68. The molecule has 4 heterocycles. The molecule has 0 saturated heterocycles. The van der Waals surface area contributed by atoms with E-state index in [-0.39, 0.29) is 0 Å². The first-order chi connectivity index (χ1) is 22.7. The van der Waals surface area contributed by atoms with Crippen molar-refractivity contribution in [2.75, 3.05) is 0 Å². The zero-order chi connectivity index (χ0) is 29.9. The highest BCUT2D eigenvalue weighted by Gasteiger charge is 2.16. The first kappa shape index (κ1) is 24.8. The molecule has 4 heteroatoms. The van der Waals surface area contributed by atoms with Crippen LogP contribution in [-0.4, -0.2) is 0 Å². The smallest absolute Gasteiger partial charge is 0.139 e. The zero-order valence-corrected chi connectivity index (χ0v) is 26.0. The largest absolute Gasteiger partial charge is 0.456 e. The minimum absolute atomic E-state index is 0.846. The molecule has 11 aromatic rings. The van der Waals surface area contributed by atoms with Gasteiger partial charge < -0.3 is 8.83 Å². The molecule has 0 N–H and O–H groups in total. The average molecular weight is 623 g/mol. The van der Waals surface area contributed by atoms with Crippen molar-refractivity contribution in [2.45, 2.75) is 0 Å². The summed E-state index contributed by atoms with van der Waals surface area (Å²) in [6, 6.07) is 48.2. The second-order valence-corrected chi connectivity index (χ2v) is 14.2. The van der Waals surface area contributed by atoms with Gasteiger partial charge in [0.25, 0.3) is 0 Å². The van der Waals surface area contributed by atoms with Gasteiger partial charge in [0.05, 0.1) is 0 Å². The van der Waals surface area contributed by atoms with Crippen molar-refractivity contribution in [3.63, 3.8) is 0 Å². The minimum atomic E-state index is 0.846. The van der Waals surface area contributed by atoms with Crippen LogP contribution < -0.4 is 0 Å². The molecule has 11 rings (SSSR count). The molecule has 0 saturated carbocycles. The Hall–Kier alpha value is -5.42. The number of para-hydroxylation sites is 1.